The molecule has 0 fully saturated rings. The Labute approximate surface area is 218 Å². The predicted molar refractivity (Wildman–Crippen MR) is 113 cm³/mol. The Morgan fingerprint density at radius 3 is 0.780 bits per heavy atom. The average molecular weight is 603 g/mol. The monoisotopic (exact) mass is 603 g/mol. The summed E-state index contributed by atoms with van der Waals surface area (Å²) >= 11 is 0. The molecule has 0 atom stereocenters. The zero-order valence-electron chi connectivity index (χ0n) is 19.3. The second-order valence-corrected chi connectivity index (χ2v) is 8.69. The summed E-state index contributed by atoms with van der Waals surface area (Å²) in [6.45, 7) is 0. The van der Waals surface area contributed by atoms with Crippen molar-refractivity contribution in [1.82, 2.24) is 0 Å². The van der Waals surface area contributed by atoms with E-state index in [9.17, 15) is 39.5 Å². The highest BCUT2D eigenvalue weighted by Crippen LogP contribution is 2.29. The van der Waals surface area contributed by atoms with E-state index in [1.54, 1.807) is 0 Å². The van der Waals surface area contributed by atoms with E-state index in [1.165, 1.54) is 6.07 Å². The van der Waals surface area contributed by atoms with Crippen LogP contribution in [0.5, 0.6) is 0 Å². The molecule has 0 heterocycles. The van der Waals surface area contributed by atoms with E-state index in [-0.39, 0.29) is 0 Å². The van der Waals surface area contributed by atoms with Crippen molar-refractivity contribution in [3.05, 3.63) is 123 Å². The summed E-state index contributed by atoms with van der Waals surface area (Å²) < 4.78 is 220. The normalized spacial score (nSPS) is 11.9. The lowest BCUT2D eigenvalue weighted by molar-refractivity contribution is 0.379. The molecule has 0 aliphatic carbocycles. The van der Waals surface area contributed by atoms with Crippen molar-refractivity contribution < 1.29 is 65.9 Å². The van der Waals surface area contributed by atoms with Gasteiger partial charge in [0.25, 0.3) is 0 Å². The summed E-state index contributed by atoms with van der Waals surface area (Å²) in [5, 5.41) is 0. The second kappa shape index (κ2) is 10.4. The lowest BCUT2D eigenvalue weighted by Crippen LogP contribution is -2.74. The van der Waals surface area contributed by atoms with Crippen molar-refractivity contribution >= 4 is 22.5 Å². The van der Waals surface area contributed by atoms with Gasteiger partial charge in [-0.3, -0.25) is 0 Å². The van der Waals surface area contributed by atoms with Crippen LogP contribution < -0.4 is 16.4 Å². The van der Waals surface area contributed by atoms with Crippen molar-refractivity contribution in [1.29, 1.82) is 0 Å². The quantitative estimate of drug-likeness (QED) is 0.113. The molecule has 0 radical (unpaired) electrons. The third kappa shape index (κ3) is 4.22. The van der Waals surface area contributed by atoms with E-state index >= 15 is 26.3 Å². The van der Waals surface area contributed by atoms with Crippen LogP contribution in [-0.2, 0) is 6.32 Å². The number of hydrogen-bond acceptors (Lipinski definition) is 0. The largest absolute Gasteiger partial charge is 0.207 e. The summed E-state index contributed by atoms with van der Waals surface area (Å²) in [7, 11) is 0. The van der Waals surface area contributed by atoms with E-state index < -0.39 is 122 Å². The molecule has 0 spiro atoms. The van der Waals surface area contributed by atoms with E-state index in [0.29, 0.717) is 0 Å². The van der Waals surface area contributed by atoms with Crippen LogP contribution in [0.2, 0.25) is 0 Å². The van der Waals surface area contributed by atoms with Crippen LogP contribution >= 0.6 is 0 Å². The molecule has 41 heavy (non-hydrogen) atoms. The predicted octanol–water partition coefficient (Wildman–Crippen LogP) is 6.03. The highest BCUT2D eigenvalue weighted by atomic mass is 19.2. The summed E-state index contributed by atoms with van der Waals surface area (Å²) in [5.41, 5.74) is -8.49. The van der Waals surface area contributed by atoms with Gasteiger partial charge in [0, 0.05) is 0 Å². The molecule has 16 heteroatoms. The topological polar surface area (TPSA) is 0 Å². The first-order valence-corrected chi connectivity index (χ1v) is 10.9. The maximum absolute atomic E-state index is 15.3. The minimum Gasteiger partial charge on any atom is -0.207 e. The van der Waals surface area contributed by atoms with Gasteiger partial charge >= 0.3 is 0 Å². The third-order valence-electron chi connectivity index (χ3n) is 6.59. The Balaban J connectivity index is 2.47. The molecule has 216 valence electrons. The Kier molecular flexibility index (Phi) is 7.56. The van der Waals surface area contributed by atoms with Crippen molar-refractivity contribution in [2.75, 3.05) is 0 Å². The number of hydrogen-bond donors (Lipinski definition) is 0. The molecular formula is C25H7BF15-. The maximum Gasteiger partial charge on any atom is 0.200 e. The molecule has 0 unspecified atom stereocenters. The molecule has 0 saturated carbocycles. The van der Waals surface area contributed by atoms with Gasteiger partial charge in [-0.1, -0.05) is 35.9 Å². The highest BCUT2D eigenvalue weighted by Gasteiger charge is 2.48. The van der Waals surface area contributed by atoms with Gasteiger partial charge in [-0.15, -0.1) is 22.7 Å². The molecule has 0 saturated heterocycles. The van der Waals surface area contributed by atoms with Gasteiger partial charge in [0.2, 0.25) is 0 Å². The number of rotatable bonds is 5. The van der Waals surface area contributed by atoms with Gasteiger partial charge in [-0.05, 0) is 0 Å². The third-order valence-corrected chi connectivity index (χ3v) is 6.59. The summed E-state index contributed by atoms with van der Waals surface area (Å²) in [6, 6.07) is 4.94. The van der Waals surface area contributed by atoms with Crippen LogP contribution in [0, 0.1) is 87.3 Å². The van der Waals surface area contributed by atoms with Crippen LogP contribution in [0.25, 0.3) is 0 Å². The van der Waals surface area contributed by atoms with Crippen molar-refractivity contribution in [2.24, 2.45) is 0 Å². The second-order valence-electron chi connectivity index (χ2n) is 8.69. The van der Waals surface area contributed by atoms with Crippen molar-refractivity contribution in [3.63, 3.8) is 0 Å². The van der Waals surface area contributed by atoms with Gasteiger partial charge in [0.05, 0.1) is 0 Å². The minimum atomic E-state index is -5.59. The average Bonchev–Trinajstić information content (AvgIpc) is 2.95. The van der Waals surface area contributed by atoms with Crippen LogP contribution in [-0.4, -0.2) is 6.15 Å². The van der Waals surface area contributed by atoms with Crippen LogP contribution in [0.3, 0.4) is 0 Å². The van der Waals surface area contributed by atoms with Crippen LogP contribution in [0.15, 0.2) is 30.3 Å². The Morgan fingerprint density at radius 1 is 0.317 bits per heavy atom. The van der Waals surface area contributed by atoms with Crippen LogP contribution in [0.4, 0.5) is 65.9 Å². The van der Waals surface area contributed by atoms with E-state index in [1.807, 2.05) is 0 Å². The maximum atomic E-state index is 15.3. The summed E-state index contributed by atoms with van der Waals surface area (Å²) in [5.74, 6) is -45.2. The smallest absolute Gasteiger partial charge is 0.200 e. The highest BCUT2D eigenvalue weighted by molar-refractivity contribution is 7.11. The number of halogens is 15. The summed E-state index contributed by atoms with van der Waals surface area (Å²) in [4.78, 5) is 0. The molecule has 4 aromatic rings. The fourth-order valence-corrected chi connectivity index (χ4v) is 4.87. The molecule has 0 N–H and O–H groups in total. The van der Waals surface area contributed by atoms with Gasteiger partial charge in [0.1, 0.15) is 41.0 Å². The molecule has 0 nitrogen and oxygen atoms in total. The zero-order chi connectivity index (χ0) is 30.7. The molecular weight excluding hydrogens is 596 g/mol. The first kappa shape index (κ1) is 29.9. The molecule has 0 aromatic heterocycles. The van der Waals surface area contributed by atoms with Gasteiger partial charge in [-0.25, -0.2) is 65.9 Å². The van der Waals surface area contributed by atoms with Crippen molar-refractivity contribution in [3.8, 4) is 0 Å². The Morgan fingerprint density at radius 2 is 0.537 bits per heavy atom. The van der Waals surface area contributed by atoms with Gasteiger partial charge < -0.3 is 0 Å². The minimum absolute atomic E-state index is 0.607. The van der Waals surface area contributed by atoms with Crippen molar-refractivity contribution in [2.45, 2.75) is 6.32 Å². The lowest BCUT2D eigenvalue weighted by Gasteiger charge is -2.44. The fraction of sp³-hybridized carbons (Fsp3) is 0.0400. The molecule has 0 aliphatic heterocycles. The van der Waals surface area contributed by atoms with Crippen LogP contribution in [0.1, 0.15) is 5.56 Å². The molecule has 0 bridgehead atoms. The van der Waals surface area contributed by atoms with Gasteiger partial charge in [-0.2, -0.15) is 0 Å². The lowest BCUT2D eigenvalue weighted by atomic mass is 9.13. The van der Waals surface area contributed by atoms with E-state index in [0.717, 1.165) is 24.3 Å². The zero-order valence-corrected chi connectivity index (χ0v) is 19.3. The fourth-order valence-electron chi connectivity index (χ4n) is 4.87. The Bertz CT molecular complexity index is 1460. The molecule has 0 amide bonds. The first-order valence-electron chi connectivity index (χ1n) is 10.9. The standard InChI is InChI=1S/C25H7BF15/c27-11-8(12(28)18(34)23(39)17(11)33)26(6-7-4-2-1-3-5-7,9-13(29)19(35)24(40)20(36)14(9)30)10-15(31)21(37)25(41)22(38)16(10)32/h1-5H,6H2/q-1. The van der Waals surface area contributed by atoms with E-state index in [2.05, 4.69) is 0 Å². The Hall–Kier alpha value is -4.11. The number of benzene rings is 4. The molecule has 0 aliphatic rings. The summed E-state index contributed by atoms with van der Waals surface area (Å²) in [6.07, 6.45) is -7.42. The SMILES string of the molecule is Fc1c(F)c(F)c([B-](Cc2ccccc2)(c2c(F)c(F)c(F)c(F)c2F)c2c(F)c(F)c(F)c(F)c2F)c(F)c1F. The first-order chi connectivity index (χ1) is 19.1. The molecule has 4 rings (SSSR count). The van der Waals surface area contributed by atoms with E-state index in [4.69, 9.17) is 0 Å². The molecule has 4 aromatic carbocycles. The van der Waals surface area contributed by atoms with Gasteiger partial charge in [0.15, 0.2) is 52.4 Å².